The molecule has 1 atom stereocenters. The number of aliphatic carboxylic acids is 1. The van der Waals surface area contributed by atoms with Crippen molar-refractivity contribution < 1.29 is 14.7 Å². The van der Waals surface area contributed by atoms with Crippen LogP contribution in [-0.2, 0) is 16.1 Å². The van der Waals surface area contributed by atoms with Crippen LogP contribution in [0.5, 0.6) is 0 Å². The quantitative estimate of drug-likeness (QED) is 0.803. The number of amides is 1. The van der Waals surface area contributed by atoms with E-state index < -0.39 is 11.9 Å². The Balaban J connectivity index is 2.03. The second-order valence-corrected chi connectivity index (χ2v) is 4.42. The van der Waals surface area contributed by atoms with Crippen LogP contribution in [0.3, 0.4) is 0 Å². The SMILES string of the molecule is Cc1ccc(CN2CCC(C(=O)O)C2=O)cc1. The number of benzene rings is 1. The third kappa shape index (κ3) is 2.46. The molecule has 1 aliphatic heterocycles. The Bertz CT molecular complexity index is 438. The number of likely N-dealkylation sites (tertiary alicyclic amines) is 1. The average molecular weight is 233 g/mol. The molecule has 0 bridgehead atoms. The van der Waals surface area contributed by atoms with Crippen LogP contribution >= 0.6 is 0 Å². The van der Waals surface area contributed by atoms with Gasteiger partial charge in [-0.15, -0.1) is 0 Å². The summed E-state index contributed by atoms with van der Waals surface area (Å²) >= 11 is 0. The van der Waals surface area contributed by atoms with Gasteiger partial charge in [0.15, 0.2) is 0 Å². The van der Waals surface area contributed by atoms with E-state index in [2.05, 4.69) is 0 Å². The Hall–Kier alpha value is -1.84. The average Bonchev–Trinajstić information content (AvgIpc) is 2.64. The molecule has 17 heavy (non-hydrogen) atoms. The zero-order valence-corrected chi connectivity index (χ0v) is 9.72. The van der Waals surface area contributed by atoms with E-state index in [0.29, 0.717) is 19.5 Å². The normalized spacial score (nSPS) is 19.7. The van der Waals surface area contributed by atoms with Crippen molar-refractivity contribution in [3.05, 3.63) is 35.4 Å². The summed E-state index contributed by atoms with van der Waals surface area (Å²) in [5, 5.41) is 8.86. The fourth-order valence-corrected chi connectivity index (χ4v) is 2.04. The van der Waals surface area contributed by atoms with Crippen LogP contribution in [0.25, 0.3) is 0 Å². The van der Waals surface area contributed by atoms with Crippen molar-refractivity contribution in [2.24, 2.45) is 5.92 Å². The molecule has 90 valence electrons. The van der Waals surface area contributed by atoms with Crippen LogP contribution in [0.2, 0.25) is 0 Å². The zero-order valence-electron chi connectivity index (χ0n) is 9.72. The van der Waals surface area contributed by atoms with Gasteiger partial charge in [-0.2, -0.15) is 0 Å². The van der Waals surface area contributed by atoms with Crippen LogP contribution < -0.4 is 0 Å². The van der Waals surface area contributed by atoms with Crippen LogP contribution in [0.15, 0.2) is 24.3 Å². The molecular formula is C13H15NO3. The van der Waals surface area contributed by atoms with Gasteiger partial charge in [-0.3, -0.25) is 9.59 Å². The molecule has 1 saturated heterocycles. The van der Waals surface area contributed by atoms with Crippen molar-refractivity contribution in [2.45, 2.75) is 19.9 Å². The predicted molar refractivity (Wildman–Crippen MR) is 62.3 cm³/mol. The Morgan fingerprint density at radius 3 is 2.59 bits per heavy atom. The monoisotopic (exact) mass is 233 g/mol. The van der Waals surface area contributed by atoms with E-state index in [1.54, 1.807) is 4.90 Å². The number of carboxylic acids is 1. The number of rotatable bonds is 3. The number of carbonyl (C=O) groups is 2. The summed E-state index contributed by atoms with van der Waals surface area (Å²) in [5.41, 5.74) is 2.21. The number of carbonyl (C=O) groups excluding carboxylic acids is 1. The summed E-state index contributed by atoms with van der Waals surface area (Å²) in [5.74, 6) is -2.13. The van der Waals surface area contributed by atoms with Crippen LogP contribution in [0, 0.1) is 12.8 Å². The summed E-state index contributed by atoms with van der Waals surface area (Å²) in [4.78, 5) is 24.2. The maximum atomic E-state index is 11.8. The summed E-state index contributed by atoms with van der Waals surface area (Å²) in [6.07, 6.45) is 0.417. The van der Waals surface area contributed by atoms with Crippen molar-refractivity contribution in [2.75, 3.05) is 6.54 Å². The highest BCUT2D eigenvalue weighted by molar-refractivity contribution is 5.98. The van der Waals surface area contributed by atoms with Gasteiger partial charge in [-0.1, -0.05) is 29.8 Å². The predicted octanol–water partition coefficient (Wildman–Crippen LogP) is 1.43. The molecular weight excluding hydrogens is 218 g/mol. The van der Waals surface area contributed by atoms with Crippen molar-refractivity contribution in [1.82, 2.24) is 4.90 Å². The lowest BCUT2D eigenvalue weighted by Gasteiger charge is -2.16. The van der Waals surface area contributed by atoms with E-state index >= 15 is 0 Å². The van der Waals surface area contributed by atoms with Crippen LogP contribution in [0.4, 0.5) is 0 Å². The minimum absolute atomic E-state index is 0.266. The van der Waals surface area contributed by atoms with Crippen LogP contribution in [0.1, 0.15) is 17.5 Å². The highest BCUT2D eigenvalue weighted by Crippen LogP contribution is 2.20. The Labute approximate surface area is 99.9 Å². The summed E-state index contributed by atoms with van der Waals surface area (Å²) in [6.45, 7) is 3.04. The molecule has 0 aromatic heterocycles. The van der Waals surface area contributed by atoms with Gasteiger partial charge in [-0.25, -0.2) is 0 Å². The lowest BCUT2D eigenvalue weighted by Crippen LogP contribution is -2.29. The van der Waals surface area contributed by atoms with E-state index in [4.69, 9.17) is 5.11 Å². The fraction of sp³-hybridized carbons (Fsp3) is 0.385. The van der Waals surface area contributed by atoms with Crippen LogP contribution in [-0.4, -0.2) is 28.4 Å². The minimum atomic E-state index is -1.01. The molecule has 1 N–H and O–H groups in total. The van der Waals surface area contributed by atoms with Gasteiger partial charge < -0.3 is 10.0 Å². The van der Waals surface area contributed by atoms with Crippen molar-refractivity contribution in [3.8, 4) is 0 Å². The molecule has 4 heteroatoms. The van der Waals surface area contributed by atoms with E-state index in [-0.39, 0.29) is 5.91 Å². The number of nitrogens with zero attached hydrogens (tertiary/aromatic N) is 1. The summed E-state index contributed by atoms with van der Waals surface area (Å²) in [7, 11) is 0. The lowest BCUT2D eigenvalue weighted by molar-refractivity contribution is -0.147. The second-order valence-electron chi connectivity index (χ2n) is 4.42. The first-order chi connectivity index (χ1) is 8.08. The maximum absolute atomic E-state index is 11.8. The zero-order chi connectivity index (χ0) is 12.4. The molecule has 2 rings (SSSR count). The van der Waals surface area contributed by atoms with Gasteiger partial charge in [0.1, 0.15) is 5.92 Å². The first kappa shape index (κ1) is 11.6. The van der Waals surface area contributed by atoms with Gasteiger partial charge in [-0.05, 0) is 18.9 Å². The van der Waals surface area contributed by atoms with E-state index in [1.165, 1.54) is 5.56 Å². The van der Waals surface area contributed by atoms with Gasteiger partial charge in [0.2, 0.25) is 5.91 Å². The molecule has 4 nitrogen and oxygen atoms in total. The van der Waals surface area contributed by atoms with Gasteiger partial charge in [0, 0.05) is 13.1 Å². The molecule has 1 fully saturated rings. The number of carboxylic acid groups (broad SMARTS) is 1. The first-order valence-electron chi connectivity index (χ1n) is 5.65. The topological polar surface area (TPSA) is 57.6 Å². The first-order valence-corrected chi connectivity index (χ1v) is 5.65. The van der Waals surface area contributed by atoms with E-state index in [9.17, 15) is 9.59 Å². The molecule has 1 aromatic rings. The van der Waals surface area contributed by atoms with Gasteiger partial charge >= 0.3 is 5.97 Å². The summed E-state index contributed by atoms with van der Waals surface area (Å²) < 4.78 is 0. The number of hydrogen-bond acceptors (Lipinski definition) is 2. The minimum Gasteiger partial charge on any atom is -0.481 e. The van der Waals surface area contributed by atoms with Crippen molar-refractivity contribution in [3.63, 3.8) is 0 Å². The maximum Gasteiger partial charge on any atom is 0.316 e. The number of aryl methyl sites for hydroxylation is 1. The van der Waals surface area contributed by atoms with Gasteiger partial charge in [0.05, 0.1) is 0 Å². The van der Waals surface area contributed by atoms with E-state index in [1.807, 2.05) is 31.2 Å². The van der Waals surface area contributed by atoms with E-state index in [0.717, 1.165) is 5.56 Å². The fourth-order valence-electron chi connectivity index (χ4n) is 2.04. The molecule has 0 saturated carbocycles. The second kappa shape index (κ2) is 4.57. The number of hydrogen-bond donors (Lipinski definition) is 1. The van der Waals surface area contributed by atoms with Crippen molar-refractivity contribution in [1.29, 1.82) is 0 Å². The third-order valence-corrected chi connectivity index (χ3v) is 3.09. The molecule has 0 aliphatic carbocycles. The Morgan fingerprint density at radius 2 is 2.06 bits per heavy atom. The molecule has 1 amide bonds. The molecule has 0 spiro atoms. The molecule has 1 unspecified atom stereocenters. The molecule has 1 aromatic carbocycles. The van der Waals surface area contributed by atoms with Crippen molar-refractivity contribution >= 4 is 11.9 Å². The largest absolute Gasteiger partial charge is 0.481 e. The highest BCUT2D eigenvalue weighted by Gasteiger charge is 2.36. The standard InChI is InChI=1S/C13H15NO3/c1-9-2-4-10(5-3-9)8-14-7-6-11(12(14)15)13(16)17/h2-5,11H,6-8H2,1H3,(H,16,17). The Kier molecular flexibility index (Phi) is 3.13. The summed E-state index contributed by atoms with van der Waals surface area (Å²) in [6, 6.07) is 7.92. The smallest absolute Gasteiger partial charge is 0.316 e. The van der Waals surface area contributed by atoms with Gasteiger partial charge in [0.25, 0.3) is 0 Å². The molecule has 1 aliphatic rings. The molecule has 1 heterocycles. The third-order valence-electron chi connectivity index (χ3n) is 3.09. The molecule has 0 radical (unpaired) electrons. The lowest BCUT2D eigenvalue weighted by atomic mass is 10.1. The highest BCUT2D eigenvalue weighted by atomic mass is 16.4. The Morgan fingerprint density at radius 1 is 1.41 bits per heavy atom.